The average Bonchev–Trinajstić information content (AvgIpc) is 3.01. The standard InChI is InChI=1S/C16H14Cl2N4O4S2/c17-8-2-3-9(11(18)6-8)13-10-7-12(27-15(10)22-16(19)21-13)14(23)20-4-1-5-28(24,25)26/h2-3,6-7H,1,4-5H2,(H,20,23)(H2,19,21,22)(H,24,25,26). The van der Waals surface area contributed by atoms with Crippen molar-refractivity contribution in [2.45, 2.75) is 6.42 Å². The molecular weight excluding hydrogens is 447 g/mol. The molecule has 0 aliphatic rings. The summed E-state index contributed by atoms with van der Waals surface area (Å²) in [5, 5.41) is 4.06. The highest BCUT2D eigenvalue weighted by Gasteiger charge is 2.18. The van der Waals surface area contributed by atoms with Crippen LogP contribution in [0.15, 0.2) is 24.3 Å². The second-order valence-electron chi connectivity index (χ2n) is 5.78. The minimum atomic E-state index is -4.06. The van der Waals surface area contributed by atoms with E-state index in [0.717, 1.165) is 11.3 Å². The van der Waals surface area contributed by atoms with Gasteiger partial charge in [0.25, 0.3) is 16.0 Å². The molecule has 2 aromatic heterocycles. The lowest BCUT2D eigenvalue weighted by molar-refractivity contribution is 0.0957. The molecule has 8 nitrogen and oxygen atoms in total. The van der Waals surface area contributed by atoms with Gasteiger partial charge in [0.2, 0.25) is 5.95 Å². The number of amides is 1. The molecule has 148 valence electrons. The number of nitrogens with one attached hydrogen (secondary N) is 1. The third-order valence-electron chi connectivity index (χ3n) is 3.68. The van der Waals surface area contributed by atoms with E-state index < -0.39 is 21.8 Å². The zero-order valence-corrected chi connectivity index (χ0v) is 17.3. The van der Waals surface area contributed by atoms with Crippen LogP contribution < -0.4 is 11.1 Å². The second-order valence-corrected chi connectivity index (χ2v) is 9.23. The summed E-state index contributed by atoms with van der Waals surface area (Å²) in [6.07, 6.45) is 0.0911. The molecule has 4 N–H and O–H groups in total. The SMILES string of the molecule is Nc1nc(-c2ccc(Cl)cc2Cl)c2cc(C(=O)NCCCS(=O)(=O)O)sc2n1. The van der Waals surface area contributed by atoms with Gasteiger partial charge in [0.15, 0.2) is 0 Å². The Balaban J connectivity index is 1.90. The molecular formula is C16H14Cl2N4O4S2. The molecule has 0 fully saturated rings. The first kappa shape index (κ1) is 20.7. The predicted octanol–water partition coefficient (Wildman–Crippen LogP) is 3.26. The molecule has 2 heterocycles. The van der Waals surface area contributed by atoms with Crippen LogP contribution in [-0.2, 0) is 10.1 Å². The van der Waals surface area contributed by atoms with Crippen molar-refractivity contribution in [3.05, 3.63) is 39.2 Å². The van der Waals surface area contributed by atoms with Gasteiger partial charge in [-0.25, -0.2) is 9.97 Å². The summed E-state index contributed by atoms with van der Waals surface area (Å²) in [6.45, 7) is 0.0938. The van der Waals surface area contributed by atoms with Crippen LogP contribution in [0, 0.1) is 0 Å². The lowest BCUT2D eigenvalue weighted by Crippen LogP contribution is -2.25. The summed E-state index contributed by atoms with van der Waals surface area (Å²) < 4.78 is 30.1. The third-order valence-corrected chi connectivity index (χ3v) is 6.06. The number of nitrogens with two attached hydrogens (primary N) is 1. The average molecular weight is 461 g/mol. The van der Waals surface area contributed by atoms with E-state index in [-0.39, 0.29) is 18.9 Å². The maximum atomic E-state index is 12.3. The van der Waals surface area contributed by atoms with Crippen LogP contribution in [0.5, 0.6) is 0 Å². The zero-order chi connectivity index (χ0) is 20.5. The Labute approximate surface area is 174 Å². The van der Waals surface area contributed by atoms with Gasteiger partial charge in [-0.15, -0.1) is 11.3 Å². The molecule has 0 bridgehead atoms. The molecule has 12 heteroatoms. The van der Waals surface area contributed by atoms with E-state index in [1.165, 1.54) is 0 Å². The summed E-state index contributed by atoms with van der Waals surface area (Å²) in [5.74, 6) is -0.790. The van der Waals surface area contributed by atoms with E-state index in [1.807, 2.05) is 0 Å². The number of anilines is 1. The highest BCUT2D eigenvalue weighted by atomic mass is 35.5. The van der Waals surface area contributed by atoms with Crippen molar-refractivity contribution in [3.8, 4) is 11.3 Å². The number of carbonyl (C=O) groups is 1. The molecule has 0 aliphatic heterocycles. The largest absolute Gasteiger partial charge is 0.368 e. The molecule has 0 radical (unpaired) electrons. The number of nitrogens with zero attached hydrogens (tertiary/aromatic N) is 2. The number of hydrogen-bond donors (Lipinski definition) is 3. The highest BCUT2D eigenvalue weighted by molar-refractivity contribution is 7.85. The number of hydrogen-bond acceptors (Lipinski definition) is 7. The van der Waals surface area contributed by atoms with Crippen LogP contribution in [0.1, 0.15) is 16.1 Å². The Morgan fingerprint density at radius 2 is 2.00 bits per heavy atom. The Morgan fingerprint density at radius 3 is 2.68 bits per heavy atom. The van der Waals surface area contributed by atoms with Crippen molar-refractivity contribution in [1.29, 1.82) is 0 Å². The Bertz CT molecular complexity index is 1160. The van der Waals surface area contributed by atoms with E-state index in [2.05, 4.69) is 15.3 Å². The lowest BCUT2D eigenvalue weighted by atomic mass is 10.1. The van der Waals surface area contributed by atoms with Crippen LogP contribution in [0.3, 0.4) is 0 Å². The Morgan fingerprint density at radius 1 is 1.25 bits per heavy atom. The van der Waals surface area contributed by atoms with Gasteiger partial charge in [0, 0.05) is 22.5 Å². The monoisotopic (exact) mass is 460 g/mol. The van der Waals surface area contributed by atoms with E-state index in [1.54, 1.807) is 24.3 Å². The van der Waals surface area contributed by atoms with Crippen molar-refractivity contribution >= 4 is 66.7 Å². The van der Waals surface area contributed by atoms with Gasteiger partial charge < -0.3 is 11.1 Å². The zero-order valence-electron chi connectivity index (χ0n) is 14.1. The van der Waals surface area contributed by atoms with E-state index in [9.17, 15) is 13.2 Å². The van der Waals surface area contributed by atoms with Crippen LogP contribution in [0.25, 0.3) is 21.5 Å². The number of fused-ring (bicyclic) bond motifs is 1. The first-order valence-corrected chi connectivity index (χ1v) is 11.1. The van der Waals surface area contributed by atoms with Gasteiger partial charge in [-0.1, -0.05) is 23.2 Å². The summed E-state index contributed by atoms with van der Waals surface area (Å²) >= 11 is 13.3. The lowest BCUT2D eigenvalue weighted by Gasteiger charge is -2.06. The van der Waals surface area contributed by atoms with Gasteiger partial charge in [-0.05, 0) is 30.7 Å². The van der Waals surface area contributed by atoms with Crippen LogP contribution in [0.2, 0.25) is 10.0 Å². The molecule has 0 atom stereocenters. The highest BCUT2D eigenvalue weighted by Crippen LogP contribution is 2.36. The van der Waals surface area contributed by atoms with Crippen molar-refractivity contribution in [2.75, 3.05) is 18.0 Å². The molecule has 3 rings (SSSR count). The minimum Gasteiger partial charge on any atom is -0.368 e. The molecule has 1 amide bonds. The van der Waals surface area contributed by atoms with Gasteiger partial charge in [0.05, 0.1) is 21.3 Å². The molecule has 3 aromatic rings. The van der Waals surface area contributed by atoms with Crippen LogP contribution in [0.4, 0.5) is 5.95 Å². The quantitative estimate of drug-likeness (QED) is 0.379. The molecule has 0 saturated heterocycles. The molecule has 0 aliphatic carbocycles. The maximum absolute atomic E-state index is 12.3. The number of carbonyl (C=O) groups excluding carboxylic acids is 1. The number of halogens is 2. The van der Waals surface area contributed by atoms with Gasteiger partial charge in [0.1, 0.15) is 4.83 Å². The summed E-state index contributed by atoms with van der Waals surface area (Å²) in [4.78, 5) is 21.6. The second kappa shape index (κ2) is 8.18. The van der Waals surface area contributed by atoms with E-state index in [4.69, 9.17) is 33.5 Å². The third kappa shape index (κ3) is 4.89. The smallest absolute Gasteiger partial charge is 0.264 e. The van der Waals surface area contributed by atoms with E-state index in [0.29, 0.717) is 36.4 Å². The Kier molecular flexibility index (Phi) is 6.06. The van der Waals surface area contributed by atoms with Gasteiger partial charge >= 0.3 is 0 Å². The maximum Gasteiger partial charge on any atom is 0.264 e. The summed E-state index contributed by atoms with van der Waals surface area (Å²) in [7, 11) is -4.06. The first-order chi connectivity index (χ1) is 13.1. The minimum absolute atomic E-state index is 0.0375. The van der Waals surface area contributed by atoms with Crippen molar-refractivity contribution in [3.63, 3.8) is 0 Å². The molecule has 0 saturated carbocycles. The molecule has 0 spiro atoms. The van der Waals surface area contributed by atoms with Crippen LogP contribution >= 0.6 is 34.5 Å². The summed E-state index contributed by atoms with van der Waals surface area (Å²) in [6, 6.07) is 6.58. The summed E-state index contributed by atoms with van der Waals surface area (Å²) in [5.41, 5.74) is 6.88. The van der Waals surface area contributed by atoms with Crippen molar-refractivity contribution in [1.82, 2.24) is 15.3 Å². The fourth-order valence-corrected chi connectivity index (χ4v) is 4.44. The fraction of sp³-hybridized carbons (Fsp3) is 0.188. The number of nitrogen functional groups attached to an aromatic ring is 1. The van der Waals surface area contributed by atoms with E-state index >= 15 is 0 Å². The van der Waals surface area contributed by atoms with Crippen molar-refractivity contribution < 1.29 is 17.8 Å². The number of thiophene rings is 1. The van der Waals surface area contributed by atoms with Crippen LogP contribution in [-0.4, -0.2) is 41.1 Å². The van der Waals surface area contributed by atoms with Crippen molar-refractivity contribution in [2.24, 2.45) is 0 Å². The normalized spacial score (nSPS) is 11.7. The Hall–Kier alpha value is -1.98. The first-order valence-electron chi connectivity index (χ1n) is 7.90. The molecule has 1 aromatic carbocycles. The topological polar surface area (TPSA) is 135 Å². The fourth-order valence-electron chi connectivity index (χ4n) is 2.48. The molecule has 28 heavy (non-hydrogen) atoms. The number of rotatable bonds is 6. The molecule has 0 unspecified atom stereocenters. The number of aromatic nitrogens is 2. The predicted molar refractivity (Wildman–Crippen MR) is 111 cm³/mol. The van der Waals surface area contributed by atoms with Gasteiger partial charge in [-0.3, -0.25) is 9.35 Å². The van der Waals surface area contributed by atoms with Gasteiger partial charge in [-0.2, -0.15) is 8.42 Å². The number of benzene rings is 1.